The van der Waals surface area contributed by atoms with Crippen molar-refractivity contribution >= 4 is 91.8 Å². The van der Waals surface area contributed by atoms with Crippen molar-refractivity contribution in [3.05, 3.63) is 133 Å². The SMILES string of the molecule is O=C1C[C@@H](Sc2ccc3ccccc3c2)C(=O)N1c1ccc(Sc2ccc(N3C(=O)C[C@@H](Sc4cccc5ccccc45)C3=O)cc2)cc1. The first-order valence-electron chi connectivity index (χ1n) is 15.8. The van der Waals surface area contributed by atoms with Crippen molar-refractivity contribution in [2.75, 3.05) is 9.80 Å². The highest BCUT2D eigenvalue weighted by atomic mass is 32.2. The number of amides is 4. The van der Waals surface area contributed by atoms with Crippen LogP contribution in [0.4, 0.5) is 11.4 Å². The maximum atomic E-state index is 13.4. The molecule has 2 saturated heterocycles. The third-order valence-corrected chi connectivity index (χ3v) is 12.1. The summed E-state index contributed by atoms with van der Waals surface area (Å²) in [5, 5.41) is 3.45. The molecular weight excluding hydrogens is 669 g/mol. The lowest BCUT2D eigenvalue weighted by Gasteiger charge is -2.16. The Morgan fingerprint density at radius 2 is 0.980 bits per heavy atom. The van der Waals surface area contributed by atoms with Crippen molar-refractivity contribution in [3.63, 3.8) is 0 Å². The number of carbonyl (C=O) groups excluding carboxylic acids is 4. The average molecular weight is 697 g/mol. The summed E-state index contributed by atoms with van der Waals surface area (Å²) in [5.41, 5.74) is 1.11. The van der Waals surface area contributed by atoms with Crippen LogP contribution in [-0.2, 0) is 19.2 Å². The molecule has 9 heteroatoms. The highest BCUT2D eigenvalue weighted by Gasteiger charge is 2.41. The van der Waals surface area contributed by atoms with Gasteiger partial charge in [0.1, 0.15) is 0 Å². The second kappa shape index (κ2) is 13.2. The molecule has 0 aromatic heterocycles. The van der Waals surface area contributed by atoms with E-state index >= 15 is 0 Å². The fraction of sp³-hybridized carbons (Fsp3) is 0.100. The third kappa shape index (κ3) is 6.25. The van der Waals surface area contributed by atoms with E-state index in [1.165, 1.54) is 45.1 Å². The van der Waals surface area contributed by atoms with Crippen molar-refractivity contribution in [2.45, 2.75) is 42.9 Å². The molecule has 2 atom stereocenters. The quantitative estimate of drug-likeness (QED) is 0.147. The van der Waals surface area contributed by atoms with Crippen molar-refractivity contribution in [3.8, 4) is 0 Å². The zero-order valence-electron chi connectivity index (χ0n) is 26.0. The zero-order valence-corrected chi connectivity index (χ0v) is 28.5. The van der Waals surface area contributed by atoms with Crippen LogP contribution >= 0.6 is 35.3 Å². The first-order valence-corrected chi connectivity index (χ1v) is 18.4. The molecule has 0 spiro atoms. The molecule has 6 aromatic rings. The van der Waals surface area contributed by atoms with E-state index in [1.54, 1.807) is 24.3 Å². The minimum Gasteiger partial charge on any atom is -0.274 e. The van der Waals surface area contributed by atoms with Gasteiger partial charge in [-0.3, -0.25) is 19.2 Å². The second-order valence-electron chi connectivity index (χ2n) is 11.8. The Kier molecular flexibility index (Phi) is 8.49. The summed E-state index contributed by atoms with van der Waals surface area (Å²) in [6.45, 7) is 0. The summed E-state index contributed by atoms with van der Waals surface area (Å²) in [5.74, 6) is -0.823. The van der Waals surface area contributed by atoms with Crippen molar-refractivity contribution < 1.29 is 19.2 Å². The maximum Gasteiger partial charge on any atom is 0.247 e. The molecule has 2 aliphatic heterocycles. The summed E-state index contributed by atoms with van der Waals surface area (Å²) in [6.07, 6.45) is 0.310. The normalized spacial score (nSPS) is 18.0. The molecule has 0 radical (unpaired) electrons. The van der Waals surface area contributed by atoms with Gasteiger partial charge in [-0.2, -0.15) is 0 Å². The van der Waals surface area contributed by atoms with E-state index in [1.807, 2.05) is 103 Å². The average Bonchev–Trinajstić information content (AvgIpc) is 3.56. The van der Waals surface area contributed by atoms with Crippen molar-refractivity contribution in [1.29, 1.82) is 0 Å². The predicted molar refractivity (Wildman–Crippen MR) is 198 cm³/mol. The Hall–Kier alpha value is -4.83. The Labute approximate surface area is 295 Å². The summed E-state index contributed by atoms with van der Waals surface area (Å²) < 4.78 is 0. The molecule has 0 saturated carbocycles. The van der Waals surface area contributed by atoms with Crippen molar-refractivity contribution in [2.24, 2.45) is 0 Å². The summed E-state index contributed by atoms with van der Waals surface area (Å²) in [7, 11) is 0. The lowest BCUT2D eigenvalue weighted by molar-refractivity contribution is -0.122. The van der Waals surface area contributed by atoms with Gasteiger partial charge in [0.25, 0.3) is 0 Å². The van der Waals surface area contributed by atoms with Gasteiger partial charge in [-0.1, -0.05) is 78.5 Å². The Balaban J connectivity index is 0.907. The molecule has 2 heterocycles. The van der Waals surface area contributed by atoms with Crippen LogP contribution in [0.5, 0.6) is 0 Å². The van der Waals surface area contributed by atoms with E-state index in [0.717, 1.165) is 41.1 Å². The molecular formula is C40H28N2O4S3. The van der Waals surface area contributed by atoms with Crippen LogP contribution in [0.25, 0.3) is 21.5 Å². The number of carbonyl (C=O) groups is 4. The molecule has 6 nitrogen and oxygen atoms in total. The van der Waals surface area contributed by atoms with E-state index in [4.69, 9.17) is 0 Å². The van der Waals surface area contributed by atoms with Gasteiger partial charge >= 0.3 is 0 Å². The van der Waals surface area contributed by atoms with Gasteiger partial charge < -0.3 is 0 Å². The number of imide groups is 2. The van der Waals surface area contributed by atoms with E-state index in [9.17, 15) is 19.2 Å². The van der Waals surface area contributed by atoms with Gasteiger partial charge in [-0.25, -0.2) is 9.80 Å². The van der Waals surface area contributed by atoms with E-state index < -0.39 is 10.5 Å². The molecule has 2 aliphatic rings. The number of anilines is 2. The summed E-state index contributed by atoms with van der Waals surface area (Å²) in [4.78, 5) is 59.1. The van der Waals surface area contributed by atoms with Crippen LogP contribution in [0.15, 0.2) is 153 Å². The van der Waals surface area contributed by atoms with Crippen LogP contribution in [0.1, 0.15) is 12.8 Å². The number of hydrogen-bond donors (Lipinski definition) is 0. The number of rotatable bonds is 8. The molecule has 6 aromatic carbocycles. The molecule has 240 valence electrons. The van der Waals surface area contributed by atoms with Crippen molar-refractivity contribution in [1.82, 2.24) is 0 Å². The monoisotopic (exact) mass is 696 g/mol. The van der Waals surface area contributed by atoms with Gasteiger partial charge in [0, 0.05) is 32.4 Å². The molecule has 0 N–H and O–H groups in total. The lowest BCUT2D eigenvalue weighted by Crippen LogP contribution is -2.31. The molecule has 0 bridgehead atoms. The highest BCUT2D eigenvalue weighted by molar-refractivity contribution is 8.01. The lowest BCUT2D eigenvalue weighted by atomic mass is 10.1. The smallest absolute Gasteiger partial charge is 0.247 e. The van der Waals surface area contributed by atoms with Crippen LogP contribution in [0, 0.1) is 0 Å². The predicted octanol–water partition coefficient (Wildman–Crippen LogP) is 8.99. The van der Waals surface area contributed by atoms with Crippen LogP contribution < -0.4 is 9.80 Å². The number of nitrogens with zero attached hydrogens (tertiary/aromatic N) is 2. The van der Waals surface area contributed by atoms with Gasteiger partial charge in [0.05, 0.1) is 21.9 Å². The fourth-order valence-corrected chi connectivity index (χ4v) is 9.38. The Morgan fingerprint density at radius 1 is 0.469 bits per heavy atom. The van der Waals surface area contributed by atoms with E-state index in [2.05, 4.69) is 6.07 Å². The number of thioether (sulfide) groups is 2. The van der Waals surface area contributed by atoms with Gasteiger partial charge in [-0.15, -0.1) is 23.5 Å². The van der Waals surface area contributed by atoms with E-state index in [-0.39, 0.29) is 36.5 Å². The van der Waals surface area contributed by atoms with Crippen LogP contribution in [0.3, 0.4) is 0 Å². The first kappa shape index (κ1) is 31.4. The van der Waals surface area contributed by atoms with Gasteiger partial charge in [-0.05, 0) is 88.3 Å². The summed E-state index contributed by atoms with van der Waals surface area (Å²) >= 11 is 4.39. The number of fused-ring (bicyclic) bond motifs is 2. The Bertz CT molecular complexity index is 2270. The molecule has 0 aliphatic carbocycles. The number of benzene rings is 6. The zero-order chi connectivity index (χ0) is 33.5. The summed E-state index contributed by atoms with van der Waals surface area (Å²) in [6, 6.07) is 43.0. The second-order valence-corrected chi connectivity index (χ2v) is 15.5. The Morgan fingerprint density at radius 3 is 1.61 bits per heavy atom. The van der Waals surface area contributed by atoms with Gasteiger partial charge in [0.15, 0.2) is 0 Å². The molecule has 0 unspecified atom stereocenters. The first-order chi connectivity index (χ1) is 23.9. The van der Waals surface area contributed by atoms with Crippen LogP contribution in [-0.4, -0.2) is 34.1 Å². The molecule has 4 amide bonds. The number of hydrogen-bond acceptors (Lipinski definition) is 7. The minimum atomic E-state index is -0.479. The standard InChI is InChI=1S/C40H28N2O4S3/c43-37-23-35(48-32-17-12-25-6-1-2-8-27(25)22-32)39(45)41(37)28-13-18-30(19-14-28)47-31-20-15-29(16-21-31)42-38(44)24-36(40(42)46)49-34-11-5-9-26-7-3-4-10-33(26)34/h1-22,35-36H,23-24H2/t35-,36-/m1/s1. The van der Waals surface area contributed by atoms with Gasteiger partial charge in [0.2, 0.25) is 23.6 Å². The minimum absolute atomic E-state index is 0.153. The maximum absolute atomic E-state index is 13.4. The largest absolute Gasteiger partial charge is 0.274 e. The topological polar surface area (TPSA) is 74.8 Å². The van der Waals surface area contributed by atoms with Crippen LogP contribution in [0.2, 0.25) is 0 Å². The van der Waals surface area contributed by atoms with E-state index in [0.29, 0.717) is 11.4 Å². The fourth-order valence-electron chi connectivity index (χ4n) is 6.25. The molecule has 8 rings (SSSR count). The third-order valence-electron chi connectivity index (χ3n) is 8.65. The highest BCUT2D eigenvalue weighted by Crippen LogP contribution is 2.39. The molecule has 2 fully saturated rings. The molecule has 49 heavy (non-hydrogen) atoms.